The van der Waals surface area contributed by atoms with Gasteiger partial charge in [-0.1, -0.05) is 45.0 Å². The molecule has 3 aromatic rings. The number of alkyl carbamates (subject to hydrolysis) is 1. The maximum atomic E-state index is 13.1. The third-order valence-corrected chi connectivity index (χ3v) is 8.65. The largest absolute Gasteiger partial charge is 0.469 e. The predicted octanol–water partition coefficient (Wildman–Crippen LogP) is 6.20. The van der Waals surface area contributed by atoms with E-state index < -0.39 is 23.2 Å². The Morgan fingerprint density at radius 2 is 1.64 bits per heavy atom. The number of methoxy groups -OCH3 is 1. The first-order valence-corrected chi connectivity index (χ1v) is 15.4. The highest BCUT2D eigenvalue weighted by Gasteiger charge is 2.32. The quantitative estimate of drug-likeness (QED) is 0.136. The third-order valence-electron chi connectivity index (χ3n) is 8.65. The van der Waals surface area contributed by atoms with Gasteiger partial charge in [-0.05, 0) is 75.3 Å². The van der Waals surface area contributed by atoms with Gasteiger partial charge >= 0.3 is 17.7 Å². The average molecular weight is 622 g/mol. The van der Waals surface area contributed by atoms with Crippen LogP contribution in [-0.2, 0) is 25.2 Å². The summed E-state index contributed by atoms with van der Waals surface area (Å²) in [5.74, 6) is -1.14. The van der Waals surface area contributed by atoms with Crippen LogP contribution in [0.2, 0.25) is 0 Å². The fraction of sp³-hybridized carbons (Fsp3) is 0.486. The fourth-order valence-electron chi connectivity index (χ4n) is 5.53. The molecule has 0 saturated carbocycles. The van der Waals surface area contributed by atoms with Gasteiger partial charge in [0, 0.05) is 37.3 Å². The van der Waals surface area contributed by atoms with E-state index in [9.17, 15) is 19.2 Å². The molecule has 45 heavy (non-hydrogen) atoms. The van der Waals surface area contributed by atoms with Crippen molar-refractivity contribution in [2.75, 3.05) is 38.9 Å². The molecule has 10 nitrogen and oxygen atoms in total. The first-order chi connectivity index (χ1) is 21.2. The second-order valence-corrected chi connectivity index (χ2v) is 12.3. The average Bonchev–Trinajstić information content (AvgIpc) is 3.02. The number of benzene rings is 2. The molecule has 2 atom stereocenters. The molecule has 0 radical (unpaired) electrons. The third kappa shape index (κ3) is 8.23. The number of ether oxygens (including phenoxy) is 2. The molecular weight excluding hydrogens is 574 g/mol. The number of anilines is 1. The highest BCUT2D eigenvalue weighted by molar-refractivity contribution is 5.96. The Hall–Kier alpha value is -4.34. The van der Waals surface area contributed by atoms with Gasteiger partial charge in [-0.2, -0.15) is 0 Å². The number of rotatable bonds is 13. The van der Waals surface area contributed by atoms with Crippen molar-refractivity contribution in [3.05, 3.63) is 75.6 Å². The maximum absolute atomic E-state index is 13.1. The van der Waals surface area contributed by atoms with Crippen LogP contribution in [0.4, 0.5) is 10.5 Å². The molecule has 0 saturated heterocycles. The molecule has 0 spiro atoms. The molecule has 1 aromatic heterocycles. The molecule has 2 aromatic carbocycles. The molecule has 244 valence electrons. The van der Waals surface area contributed by atoms with Crippen molar-refractivity contribution < 1.29 is 28.3 Å². The summed E-state index contributed by atoms with van der Waals surface area (Å²) >= 11 is 0. The number of hydrogen-bond donors (Lipinski definition) is 1. The van der Waals surface area contributed by atoms with Crippen molar-refractivity contribution >= 4 is 34.6 Å². The van der Waals surface area contributed by atoms with Crippen LogP contribution in [0.3, 0.4) is 0 Å². The van der Waals surface area contributed by atoms with Gasteiger partial charge in [0.1, 0.15) is 11.1 Å². The number of hydrogen-bond acceptors (Lipinski definition) is 8. The zero-order chi connectivity index (χ0) is 33.5. The Labute approximate surface area is 265 Å². The normalized spacial score (nSPS) is 13.4. The number of esters is 1. The van der Waals surface area contributed by atoms with Gasteiger partial charge in [-0.3, -0.25) is 9.59 Å². The van der Waals surface area contributed by atoms with E-state index in [0.717, 1.165) is 41.2 Å². The van der Waals surface area contributed by atoms with E-state index >= 15 is 0 Å². The van der Waals surface area contributed by atoms with E-state index in [0.29, 0.717) is 17.4 Å². The number of carbonyl (C=O) groups is 3. The van der Waals surface area contributed by atoms with E-state index in [-0.39, 0.29) is 29.6 Å². The van der Waals surface area contributed by atoms with E-state index in [1.54, 1.807) is 6.07 Å². The standard InChI is InChI=1S/C35H47N3O7/c1-10-35(7,21-23(4)31(40)43-9)26-15-13-14-25(19-26)34(5,6)36-33(42)44-22-37(8)30(39)28-18-24-16-17-27(38(11-2)12-3)20-29(24)45-32(28)41/h13-20,23H,10-12,21-22H2,1-9H3,(H,36,42). The minimum absolute atomic E-state index is 0.151. The van der Waals surface area contributed by atoms with Crippen molar-refractivity contribution in [1.82, 2.24) is 10.2 Å². The van der Waals surface area contributed by atoms with Crippen LogP contribution in [0.1, 0.15) is 82.8 Å². The number of fused-ring (bicyclic) bond motifs is 1. The number of nitrogens with one attached hydrogen (secondary N) is 1. The van der Waals surface area contributed by atoms with Crippen LogP contribution >= 0.6 is 0 Å². The van der Waals surface area contributed by atoms with Crippen molar-refractivity contribution in [3.63, 3.8) is 0 Å². The molecule has 1 heterocycles. The monoisotopic (exact) mass is 621 g/mol. The molecule has 3 rings (SSSR count). The molecule has 0 bridgehead atoms. The van der Waals surface area contributed by atoms with Crippen molar-refractivity contribution in [2.24, 2.45) is 5.92 Å². The Bertz CT molecular complexity index is 1580. The zero-order valence-electron chi connectivity index (χ0n) is 28.0. The Morgan fingerprint density at radius 3 is 2.27 bits per heavy atom. The van der Waals surface area contributed by atoms with Crippen LogP contribution < -0.4 is 15.8 Å². The summed E-state index contributed by atoms with van der Waals surface area (Å²) in [6.45, 7) is 15.1. The summed E-state index contributed by atoms with van der Waals surface area (Å²) in [4.78, 5) is 54.1. The van der Waals surface area contributed by atoms with Crippen LogP contribution in [0.5, 0.6) is 0 Å². The Balaban J connectivity index is 1.68. The highest BCUT2D eigenvalue weighted by atomic mass is 16.6. The summed E-state index contributed by atoms with van der Waals surface area (Å²) in [5, 5.41) is 3.49. The smallest absolute Gasteiger partial charge is 0.409 e. The summed E-state index contributed by atoms with van der Waals surface area (Å²) in [7, 11) is 2.84. The van der Waals surface area contributed by atoms with Crippen molar-refractivity contribution in [2.45, 2.75) is 72.3 Å². The first kappa shape index (κ1) is 35.1. The van der Waals surface area contributed by atoms with Crippen LogP contribution in [-0.4, -0.2) is 56.8 Å². The second kappa shape index (κ2) is 14.6. The van der Waals surface area contributed by atoms with Crippen LogP contribution in [0.25, 0.3) is 11.0 Å². The zero-order valence-corrected chi connectivity index (χ0v) is 28.0. The molecule has 0 aliphatic carbocycles. The maximum Gasteiger partial charge on any atom is 0.409 e. The van der Waals surface area contributed by atoms with Gasteiger partial charge in [-0.15, -0.1) is 0 Å². The van der Waals surface area contributed by atoms with E-state index in [2.05, 4.69) is 24.1 Å². The van der Waals surface area contributed by atoms with Crippen molar-refractivity contribution in [1.29, 1.82) is 0 Å². The van der Waals surface area contributed by atoms with E-state index in [4.69, 9.17) is 13.9 Å². The summed E-state index contributed by atoms with van der Waals surface area (Å²) < 4.78 is 15.8. The van der Waals surface area contributed by atoms with Gasteiger partial charge in [0.25, 0.3) is 5.91 Å². The lowest BCUT2D eigenvalue weighted by atomic mass is 9.73. The minimum atomic E-state index is -0.818. The number of nitrogens with zero attached hydrogens (tertiary/aromatic N) is 2. The molecule has 0 aliphatic rings. The Kier molecular flexibility index (Phi) is 11.4. The van der Waals surface area contributed by atoms with Gasteiger partial charge in [-0.25, -0.2) is 9.59 Å². The number of amides is 2. The minimum Gasteiger partial charge on any atom is -0.469 e. The van der Waals surface area contributed by atoms with E-state index in [1.165, 1.54) is 20.2 Å². The molecule has 1 N–H and O–H groups in total. The first-order valence-electron chi connectivity index (χ1n) is 15.4. The van der Waals surface area contributed by atoms with Gasteiger partial charge in [0.15, 0.2) is 6.73 Å². The molecule has 0 aliphatic heterocycles. The molecule has 2 unspecified atom stereocenters. The molecule has 0 fully saturated rings. The molecule has 2 amide bonds. The van der Waals surface area contributed by atoms with E-state index in [1.807, 2.05) is 71.0 Å². The van der Waals surface area contributed by atoms with Crippen LogP contribution in [0, 0.1) is 5.92 Å². The SMILES string of the molecule is CCN(CC)c1ccc2cc(C(=O)N(C)COC(=O)NC(C)(C)c3cccc(C(C)(CC)CC(C)C(=O)OC)c3)c(=O)oc2c1. The molecule has 10 heteroatoms. The topological polar surface area (TPSA) is 118 Å². The molecular formula is C35H47N3O7. The lowest BCUT2D eigenvalue weighted by molar-refractivity contribution is -0.145. The summed E-state index contributed by atoms with van der Waals surface area (Å²) in [5.41, 5.74) is 1.20. The second-order valence-electron chi connectivity index (χ2n) is 12.3. The fourth-order valence-corrected chi connectivity index (χ4v) is 5.53. The van der Waals surface area contributed by atoms with Gasteiger partial charge < -0.3 is 29.0 Å². The lowest BCUT2D eigenvalue weighted by Crippen LogP contribution is -2.43. The lowest BCUT2D eigenvalue weighted by Gasteiger charge is -2.33. The Morgan fingerprint density at radius 1 is 0.978 bits per heavy atom. The van der Waals surface area contributed by atoms with Gasteiger partial charge in [0.2, 0.25) is 0 Å². The van der Waals surface area contributed by atoms with Crippen molar-refractivity contribution in [3.8, 4) is 0 Å². The van der Waals surface area contributed by atoms with Gasteiger partial charge in [0.05, 0.1) is 18.6 Å². The summed E-state index contributed by atoms with van der Waals surface area (Å²) in [6.07, 6.45) is 0.696. The highest BCUT2D eigenvalue weighted by Crippen LogP contribution is 2.36. The number of carbonyl (C=O) groups excluding carboxylic acids is 3. The predicted molar refractivity (Wildman–Crippen MR) is 176 cm³/mol. The van der Waals surface area contributed by atoms with Crippen LogP contribution in [0.15, 0.2) is 57.7 Å². The summed E-state index contributed by atoms with van der Waals surface area (Å²) in [6, 6.07) is 14.9.